The maximum Gasteiger partial charge on any atom is 0.0948 e. The van der Waals surface area contributed by atoms with Crippen molar-refractivity contribution in [3.05, 3.63) is 18.2 Å². The molecule has 0 aromatic carbocycles. The average molecular weight is 277 g/mol. The standard InChI is InChI=1S/C17H31N3/c1-4-15-5-7-16(8-6-15)12-20-13-19-11-17(20)10-18-9-14(2)3/h11,13-16,18H,4-10,12H2,1-3H3. The second-order valence-electron chi connectivity index (χ2n) is 6.86. The van der Waals surface area contributed by atoms with Gasteiger partial charge in [0, 0.05) is 19.3 Å². The first kappa shape index (κ1) is 15.6. The summed E-state index contributed by atoms with van der Waals surface area (Å²) in [6, 6.07) is 0. The minimum Gasteiger partial charge on any atom is -0.333 e. The summed E-state index contributed by atoms with van der Waals surface area (Å²) in [4.78, 5) is 4.34. The van der Waals surface area contributed by atoms with E-state index in [-0.39, 0.29) is 0 Å². The number of hydrogen-bond donors (Lipinski definition) is 1. The van der Waals surface area contributed by atoms with Crippen LogP contribution in [0.5, 0.6) is 0 Å². The van der Waals surface area contributed by atoms with Crippen LogP contribution in [0.3, 0.4) is 0 Å². The third-order valence-corrected chi connectivity index (χ3v) is 4.66. The Hall–Kier alpha value is -0.830. The number of hydrogen-bond acceptors (Lipinski definition) is 2. The number of nitrogens with zero attached hydrogens (tertiary/aromatic N) is 2. The molecule has 3 nitrogen and oxygen atoms in total. The fourth-order valence-corrected chi connectivity index (χ4v) is 3.25. The molecule has 0 aliphatic heterocycles. The Morgan fingerprint density at radius 2 is 1.95 bits per heavy atom. The summed E-state index contributed by atoms with van der Waals surface area (Å²) in [7, 11) is 0. The zero-order valence-corrected chi connectivity index (χ0v) is 13.4. The van der Waals surface area contributed by atoms with Crippen LogP contribution >= 0.6 is 0 Å². The molecule has 2 rings (SSSR count). The van der Waals surface area contributed by atoms with Gasteiger partial charge >= 0.3 is 0 Å². The predicted molar refractivity (Wildman–Crippen MR) is 84.5 cm³/mol. The van der Waals surface area contributed by atoms with Crippen LogP contribution in [0.2, 0.25) is 0 Å². The van der Waals surface area contributed by atoms with Crippen molar-refractivity contribution in [1.29, 1.82) is 0 Å². The molecule has 1 saturated carbocycles. The predicted octanol–water partition coefficient (Wildman–Crippen LogP) is 3.85. The maximum atomic E-state index is 4.34. The quantitative estimate of drug-likeness (QED) is 0.820. The van der Waals surface area contributed by atoms with Gasteiger partial charge in [-0.25, -0.2) is 4.98 Å². The van der Waals surface area contributed by atoms with Crippen molar-refractivity contribution in [3.8, 4) is 0 Å². The minimum absolute atomic E-state index is 0.704. The van der Waals surface area contributed by atoms with Crippen LogP contribution < -0.4 is 5.32 Å². The van der Waals surface area contributed by atoms with Crippen LogP contribution in [-0.2, 0) is 13.1 Å². The highest BCUT2D eigenvalue weighted by atomic mass is 15.1. The number of imidazole rings is 1. The summed E-state index contributed by atoms with van der Waals surface area (Å²) < 4.78 is 2.37. The molecule has 0 spiro atoms. The fraction of sp³-hybridized carbons (Fsp3) is 0.824. The lowest BCUT2D eigenvalue weighted by Gasteiger charge is -2.28. The molecule has 0 radical (unpaired) electrons. The molecule has 1 heterocycles. The Morgan fingerprint density at radius 1 is 1.25 bits per heavy atom. The van der Waals surface area contributed by atoms with Crippen LogP contribution in [0.4, 0.5) is 0 Å². The lowest BCUT2D eigenvalue weighted by molar-refractivity contribution is 0.246. The van der Waals surface area contributed by atoms with E-state index in [1.807, 2.05) is 12.5 Å². The molecule has 1 fully saturated rings. The van der Waals surface area contributed by atoms with Crippen LogP contribution in [0.1, 0.15) is 58.6 Å². The van der Waals surface area contributed by atoms with Gasteiger partial charge in [0.1, 0.15) is 0 Å². The van der Waals surface area contributed by atoms with Crippen molar-refractivity contribution in [3.63, 3.8) is 0 Å². The van der Waals surface area contributed by atoms with Crippen molar-refractivity contribution in [2.24, 2.45) is 17.8 Å². The highest BCUT2D eigenvalue weighted by molar-refractivity contribution is 4.98. The van der Waals surface area contributed by atoms with Crippen molar-refractivity contribution >= 4 is 0 Å². The van der Waals surface area contributed by atoms with Gasteiger partial charge in [-0.3, -0.25) is 0 Å². The van der Waals surface area contributed by atoms with E-state index in [1.54, 1.807) is 0 Å². The van der Waals surface area contributed by atoms with Gasteiger partial charge in [0.25, 0.3) is 0 Å². The zero-order chi connectivity index (χ0) is 14.4. The van der Waals surface area contributed by atoms with E-state index >= 15 is 0 Å². The average Bonchev–Trinajstić information content (AvgIpc) is 2.87. The van der Waals surface area contributed by atoms with E-state index in [1.165, 1.54) is 37.8 Å². The second kappa shape index (κ2) is 7.82. The van der Waals surface area contributed by atoms with Crippen LogP contribution in [0, 0.1) is 17.8 Å². The Bertz CT molecular complexity index is 375. The fourth-order valence-electron chi connectivity index (χ4n) is 3.25. The second-order valence-corrected chi connectivity index (χ2v) is 6.86. The molecule has 114 valence electrons. The van der Waals surface area contributed by atoms with Crippen LogP contribution in [0.15, 0.2) is 12.5 Å². The molecule has 0 atom stereocenters. The molecule has 20 heavy (non-hydrogen) atoms. The Labute approximate surface area is 124 Å². The molecule has 3 heteroatoms. The van der Waals surface area contributed by atoms with Gasteiger partial charge in [-0.1, -0.05) is 40.0 Å². The molecule has 0 unspecified atom stereocenters. The van der Waals surface area contributed by atoms with E-state index in [4.69, 9.17) is 0 Å². The van der Waals surface area contributed by atoms with Crippen molar-refractivity contribution in [2.75, 3.05) is 6.54 Å². The first-order chi connectivity index (χ1) is 9.69. The van der Waals surface area contributed by atoms with Gasteiger partial charge in [-0.05, 0) is 37.1 Å². The molecule has 0 saturated heterocycles. The largest absolute Gasteiger partial charge is 0.333 e. The van der Waals surface area contributed by atoms with E-state index < -0.39 is 0 Å². The molecule has 0 amide bonds. The maximum absolute atomic E-state index is 4.34. The topological polar surface area (TPSA) is 29.9 Å². The third-order valence-electron chi connectivity index (χ3n) is 4.66. The van der Waals surface area contributed by atoms with E-state index in [0.29, 0.717) is 5.92 Å². The molecule has 1 aromatic heterocycles. The molecule has 1 aliphatic rings. The van der Waals surface area contributed by atoms with Gasteiger partial charge < -0.3 is 9.88 Å². The van der Waals surface area contributed by atoms with Gasteiger partial charge in [-0.15, -0.1) is 0 Å². The third kappa shape index (κ3) is 4.62. The van der Waals surface area contributed by atoms with Crippen molar-refractivity contribution < 1.29 is 0 Å². The lowest BCUT2D eigenvalue weighted by atomic mass is 9.81. The Morgan fingerprint density at radius 3 is 2.60 bits per heavy atom. The highest BCUT2D eigenvalue weighted by Crippen LogP contribution is 2.31. The van der Waals surface area contributed by atoms with Crippen LogP contribution in [-0.4, -0.2) is 16.1 Å². The molecular weight excluding hydrogens is 246 g/mol. The summed E-state index contributed by atoms with van der Waals surface area (Å²) in [5.74, 6) is 2.55. The first-order valence-corrected chi connectivity index (χ1v) is 8.38. The Balaban J connectivity index is 1.80. The summed E-state index contributed by atoms with van der Waals surface area (Å²) in [5, 5.41) is 3.52. The van der Waals surface area contributed by atoms with E-state index in [0.717, 1.165) is 31.5 Å². The molecule has 1 aromatic rings. The Kier molecular flexibility index (Phi) is 6.08. The number of nitrogens with one attached hydrogen (secondary N) is 1. The molecule has 1 N–H and O–H groups in total. The van der Waals surface area contributed by atoms with Crippen molar-refractivity contribution in [1.82, 2.24) is 14.9 Å². The summed E-state index contributed by atoms with van der Waals surface area (Å²) in [6.07, 6.45) is 11.0. The normalized spacial score (nSPS) is 23.4. The molecular formula is C17H31N3. The number of aromatic nitrogens is 2. The summed E-state index contributed by atoms with van der Waals surface area (Å²) in [6.45, 7) is 10.0. The van der Waals surface area contributed by atoms with Crippen LogP contribution in [0.25, 0.3) is 0 Å². The SMILES string of the molecule is CCC1CCC(Cn2cncc2CNCC(C)C)CC1. The lowest BCUT2D eigenvalue weighted by Crippen LogP contribution is -2.23. The molecule has 0 bridgehead atoms. The van der Waals surface area contributed by atoms with E-state index in [2.05, 4.69) is 35.6 Å². The zero-order valence-electron chi connectivity index (χ0n) is 13.4. The van der Waals surface area contributed by atoms with Gasteiger partial charge in [0.15, 0.2) is 0 Å². The summed E-state index contributed by atoms with van der Waals surface area (Å²) in [5.41, 5.74) is 1.34. The number of rotatable bonds is 7. The van der Waals surface area contributed by atoms with Gasteiger partial charge in [-0.2, -0.15) is 0 Å². The molecule has 1 aliphatic carbocycles. The monoisotopic (exact) mass is 277 g/mol. The van der Waals surface area contributed by atoms with E-state index in [9.17, 15) is 0 Å². The first-order valence-electron chi connectivity index (χ1n) is 8.38. The van der Waals surface area contributed by atoms with Crippen molar-refractivity contribution in [2.45, 2.75) is 66.0 Å². The minimum atomic E-state index is 0.704. The van der Waals surface area contributed by atoms with Gasteiger partial charge in [0.05, 0.1) is 12.0 Å². The highest BCUT2D eigenvalue weighted by Gasteiger charge is 2.20. The smallest absolute Gasteiger partial charge is 0.0948 e. The van der Waals surface area contributed by atoms with Gasteiger partial charge in [0.2, 0.25) is 0 Å². The summed E-state index contributed by atoms with van der Waals surface area (Å²) >= 11 is 0.